The highest BCUT2D eigenvalue weighted by Gasteiger charge is 2.54. The van der Waals surface area contributed by atoms with E-state index in [2.05, 4.69) is 176 Å². The van der Waals surface area contributed by atoms with E-state index in [0.717, 1.165) is 18.9 Å². The van der Waals surface area contributed by atoms with Gasteiger partial charge in [-0.1, -0.05) is 182 Å². The van der Waals surface area contributed by atoms with E-state index in [1.165, 1.54) is 55.6 Å². The first-order valence-electron chi connectivity index (χ1n) is 17.5. The third-order valence-corrected chi connectivity index (χ3v) is 12.0. The fourth-order valence-corrected chi connectivity index (χ4v) is 10.0. The Balaban J connectivity index is 1.76. The Morgan fingerprint density at radius 3 is 1.70 bits per heavy atom. The molecule has 0 N–H and O–H groups in total. The predicted octanol–water partition coefficient (Wildman–Crippen LogP) is 12.6. The monoisotopic (exact) mass is 634 g/mol. The average Bonchev–Trinajstić information content (AvgIpc) is 3.62. The summed E-state index contributed by atoms with van der Waals surface area (Å²) in [5.74, 6) is 0. The highest BCUT2D eigenvalue weighted by molar-refractivity contribution is 6.76. The fourth-order valence-electron chi connectivity index (χ4n) is 8.39. The van der Waals surface area contributed by atoms with Crippen LogP contribution < -0.4 is 0 Å². The van der Waals surface area contributed by atoms with E-state index in [9.17, 15) is 0 Å². The van der Waals surface area contributed by atoms with Crippen molar-refractivity contribution in [2.24, 2.45) is 5.41 Å². The molecule has 2 aliphatic rings. The molecule has 0 heterocycles. The van der Waals surface area contributed by atoms with Crippen LogP contribution in [-0.2, 0) is 22.7 Å². The summed E-state index contributed by atoms with van der Waals surface area (Å²) in [6, 6.07) is 36.3. The van der Waals surface area contributed by atoms with Crippen molar-refractivity contribution < 1.29 is 0 Å². The van der Waals surface area contributed by atoms with Gasteiger partial charge >= 0.3 is 0 Å². The summed E-state index contributed by atoms with van der Waals surface area (Å²) in [7, 11) is -1.38. The van der Waals surface area contributed by atoms with Gasteiger partial charge < -0.3 is 0 Å². The second kappa shape index (κ2) is 11.8. The van der Waals surface area contributed by atoms with Crippen molar-refractivity contribution in [3.63, 3.8) is 0 Å². The maximum absolute atomic E-state index is 4.80. The fraction of sp³-hybridized carbons (Fsp3) is 0.348. The minimum absolute atomic E-state index is 0.0246. The number of fused-ring (bicyclic) bond motifs is 3. The van der Waals surface area contributed by atoms with E-state index in [0.29, 0.717) is 0 Å². The summed E-state index contributed by atoms with van der Waals surface area (Å²) in [4.78, 5) is 0. The molecule has 1 heteroatoms. The second-order valence-electron chi connectivity index (χ2n) is 17.5. The van der Waals surface area contributed by atoms with Crippen molar-refractivity contribution in [2.75, 3.05) is 0 Å². The Morgan fingerprint density at radius 2 is 1.19 bits per heavy atom. The molecule has 0 aromatic heterocycles. The Hall–Kier alpha value is -3.68. The van der Waals surface area contributed by atoms with Crippen LogP contribution in [0.15, 0.2) is 127 Å². The van der Waals surface area contributed by atoms with Crippen LogP contribution in [0.5, 0.6) is 0 Å². The van der Waals surface area contributed by atoms with Crippen molar-refractivity contribution in [1.29, 1.82) is 0 Å². The molecule has 0 saturated heterocycles. The lowest BCUT2D eigenvalue weighted by Crippen LogP contribution is -2.46. The quantitative estimate of drug-likeness (QED) is 0.0905. The summed E-state index contributed by atoms with van der Waals surface area (Å²) in [5, 5.41) is 0. The third kappa shape index (κ3) is 5.97. The summed E-state index contributed by atoms with van der Waals surface area (Å²) >= 11 is 0. The molecule has 2 aliphatic carbocycles. The van der Waals surface area contributed by atoms with Crippen LogP contribution in [0.4, 0.5) is 0 Å². The Kier molecular flexibility index (Phi) is 8.33. The predicted molar refractivity (Wildman–Crippen MR) is 207 cm³/mol. The molecule has 0 saturated carbocycles. The minimum Gasteiger partial charge on any atom is -0.100 e. The Morgan fingerprint density at radius 1 is 0.660 bits per heavy atom. The second-order valence-corrected chi connectivity index (χ2v) is 23.0. The van der Waals surface area contributed by atoms with Crippen LogP contribution in [0, 0.1) is 5.41 Å². The Labute approximate surface area is 286 Å². The lowest BCUT2D eigenvalue weighted by atomic mass is 9.51. The van der Waals surface area contributed by atoms with Crippen molar-refractivity contribution in [3.05, 3.63) is 166 Å². The zero-order chi connectivity index (χ0) is 33.8. The standard InChI is InChI=1S/C46H54Si/c1-33(32-47(8,9)10)31-45(25-17-18-26-45)46(35-19-13-11-14-20-35,36-21-15-12-16-22-36)42-30-38(44(5,6)7)29-40-39-28-37(43(2,3)4)24-23-34(39)27-41(40)42/h11-26,28-30H,1,27,31-32H2,2-10H3. The van der Waals surface area contributed by atoms with Gasteiger partial charge in [0.05, 0.1) is 5.41 Å². The zero-order valence-corrected chi connectivity index (χ0v) is 31.3. The van der Waals surface area contributed by atoms with Crippen LogP contribution >= 0.6 is 0 Å². The van der Waals surface area contributed by atoms with Gasteiger partial charge in [0.2, 0.25) is 0 Å². The molecular formula is C46H54Si. The summed E-state index contributed by atoms with van der Waals surface area (Å²) in [6.45, 7) is 26.3. The van der Waals surface area contributed by atoms with Gasteiger partial charge in [-0.2, -0.15) is 0 Å². The maximum Gasteiger partial charge on any atom is 0.0582 e. The van der Waals surface area contributed by atoms with Crippen molar-refractivity contribution in [1.82, 2.24) is 0 Å². The van der Waals surface area contributed by atoms with E-state index in [-0.39, 0.29) is 16.2 Å². The van der Waals surface area contributed by atoms with Crippen LogP contribution in [0.25, 0.3) is 11.1 Å². The highest BCUT2D eigenvalue weighted by atomic mass is 28.3. The SMILES string of the molecule is C=C(CC1(C(c2ccccc2)(c2ccccc2)c2cc(C(C)(C)C)cc3c2Cc2ccc(C(C)(C)C)cc2-3)C=CC=C1)C[Si](C)(C)C. The molecule has 0 nitrogen and oxygen atoms in total. The van der Waals surface area contributed by atoms with E-state index in [1.54, 1.807) is 0 Å². The molecular weight excluding hydrogens is 581 g/mol. The topological polar surface area (TPSA) is 0 Å². The van der Waals surface area contributed by atoms with Crippen molar-refractivity contribution in [3.8, 4) is 11.1 Å². The molecule has 4 aromatic carbocycles. The molecule has 0 amide bonds. The van der Waals surface area contributed by atoms with Gasteiger partial charge in [-0.3, -0.25) is 0 Å². The smallest absolute Gasteiger partial charge is 0.0582 e. The van der Waals surface area contributed by atoms with Crippen LogP contribution in [-0.4, -0.2) is 8.07 Å². The van der Waals surface area contributed by atoms with Gasteiger partial charge in [-0.25, -0.2) is 0 Å². The van der Waals surface area contributed by atoms with E-state index < -0.39 is 13.5 Å². The molecule has 0 aliphatic heterocycles. The van der Waals surface area contributed by atoms with Crippen LogP contribution in [0.3, 0.4) is 0 Å². The molecule has 242 valence electrons. The summed E-state index contributed by atoms with van der Waals surface area (Å²) in [5.41, 5.74) is 13.2. The highest BCUT2D eigenvalue weighted by Crippen LogP contribution is 2.61. The largest absolute Gasteiger partial charge is 0.100 e. The van der Waals surface area contributed by atoms with Crippen LogP contribution in [0.2, 0.25) is 25.7 Å². The number of benzene rings is 4. The summed E-state index contributed by atoms with van der Waals surface area (Å²) < 4.78 is 0. The lowest BCUT2D eigenvalue weighted by Gasteiger charge is -2.50. The van der Waals surface area contributed by atoms with Gasteiger partial charge in [0, 0.05) is 13.5 Å². The van der Waals surface area contributed by atoms with Gasteiger partial charge in [-0.15, -0.1) is 6.58 Å². The first-order valence-corrected chi connectivity index (χ1v) is 21.2. The van der Waals surface area contributed by atoms with Crippen molar-refractivity contribution >= 4 is 8.07 Å². The van der Waals surface area contributed by atoms with E-state index >= 15 is 0 Å². The van der Waals surface area contributed by atoms with E-state index in [4.69, 9.17) is 6.58 Å². The lowest BCUT2D eigenvalue weighted by molar-refractivity contribution is 0.332. The first-order chi connectivity index (χ1) is 22.1. The molecule has 0 atom stereocenters. The molecule has 0 bridgehead atoms. The molecule has 0 spiro atoms. The number of rotatable bonds is 8. The molecule has 6 rings (SSSR count). The third-order valence-electron chi connectivity index (χ3n) is 10.5. The Bertz CT molecular complexity index is 1800. The summed E-state index contributed by atoms with van der Waals surface area (Å²) in [6.07, 6.45) is 11.5. The number of hydrogen-bond donors (Lipinski definition) is 0. The molecule has 0 radical (unpaired) electrons. The van der Waals surface area contributed by atoms with Crippen molar-refractivity contribution in [2.45, 2.75) is 96.3 Å². The molecule has 0 fully saturated rings. The molecule has 47 heavy (non-hydrogen) atoms. The maximum atomic E-state index is 4.80. The van der Waals surface area contributed by atoms with Gasteiger partial charge in [0.1, 0.15) is 0 Å². The van der Waals surface area contributed by atoms with Gasteiger partial charge in [-0.05, 0) is 79.8 Å². The average molecular weight is 635 g/mol. The zero-order valence-electron chi connectivity index (χ0n) is 30.3. The van der Waals surface area contributed by atoms with E-state index in [1.807, 2.05) is 0 Å². The number of allylic oxidation sites excluding steroid dienone is 5. The van der Waals surface area contributed by atoms with Gasteiger partial charge in [0.25, 0.3) is 0 Å². The first kappa shape index (κ1) is 33.2. The number of hydrogen-bond acceptors (Lipinski definition) is 0. The minimum atomic E-state index is -1.38. The van der Waals surface area contributed by atoms with Crippen LogP contribution in [0.1, 0.15) is 86.9 Å². The van der Waals surface area contributed by atoms with Gasteiger partial charge in [0.15, 0.2) is 0 Å². The molecule has 4 aromatic rings. The molecule has 0 unspecified atom stereocenters. The normalized spacial score (nSPS) is 15.5.